The van der Waals surface area contributed by atoms with Crippen molar-refractivity contribution >= 4 is 44.3 Å². The number of hydrogen-bond donors (Lipinski definition) is 0. The summed E-state index contributed by atoms with van der Waals surface area (Å²) in [5.74, 6) is -0.762. The van der Waals surface area contributed by atoms with Gasteiger partial charge in [0.1, 0.15) is 0 Å². The van der Waals surface area contributed by atoms with Crippen LogP contribution in [-0.2, 0) is 0 Å². The molecule has 2 heterocycles. The number of carbonyl (C=O) groups is 2. The summed E-state index contributed by atoms with van der Waals surface area (Å²) in [7, 11) is 0. The Hall–Kier alpha value is -1.78. The fraction of sp³-hybridized carbons (Fsp3) is 0.0667. The third-order valence-corrected chi connectivity index (χ3v) is 5.36. The van der Waals surface area contributed by atoms with Gasteiger partial charge in [-0.1, -0.05) is 0 Å². The second-order valence-corrected chi connectivity index (χ2v) is 6.78. The maximum atomic E-state index is 12.2. The summed E-state index contributed by atoms with van der Waals surface area (Å²) < 4.78 is 1.16. The van der Waals surface area contributed by atoms with E-state index in [1.54, 1.807) is 23.5 Å². The number of Topliss-reactive ketones (excluding diaryl/α,β-unsaturated/α-hetero) is 2. The molecule has 4 heteroatoms. The Kier molecular flexibility index (Phi) is 2.11. The van der Waals surface area contributed by atoms with Crippen LogP contribution in [0.2, 0.25) is 0 Å². The Labute approximate surface area is 117 Å². The van der Waals surface area contributed by atoms with Gasteiger partial charge in [0, 0.05) is 36.5 Å². The number of ketones is 2. The van der Waals surface area contributed by atoms with Crippen LogP contribution in [0.1, 0.15) is 25.6 Å². The molecule has 3 aromatic rings. The Balaban J connectivity index is 2.22. The average Bonchev–Trinajstić information content (AvgIpc) is 2.99. The van der Waals surface area contributed by atoms with Crippen LogP contribution in [0.3, 0.4) is 0 Å². The van der Waals surface area contributed by atoms with E-state index < -0.39 is 0 Å². The van der Waals surface area contributed by atoms with E-state index in [2.05, 4.69) is 13.0 Å². The largest absolute Gasteiger partial charge is 0.285 e. The zero-order valence-electron chi connectivity index (χ0n) is 10.0. The lowest BCUT2D eigenvalue weighted by Gasteiger charge is -2.15. The van der Waals surface area contributed by atoms with Gasteiger partial charge < -0.3 is 0 Å². The van der Waals surface area contributed by atoms with Crippen molar-refractivity contribution in [1.29, 1.82) is 0 Å². The first kappa shape index (κ1) is 11.1. The topological polar surface area (TPSA) is 34.1 Å². The zero-order chi connectivity index (χ0) is 13.1. The standard InChI is InChI=1S/C15H8O2S2/c1-7-6-10-11(19-7)3-2-8-12(10)15-9(4-5-18-15)14(17)13(8)16/h2-6H,1H3. The van der Waals surface area contributed by atoms with Crippen molar-refractivity contribution in [3.63, 3.8) is 0 Å². The Morgan fingerprint density at radius 1 is 1.00 bits per heavy atom. The molecule has 2 aromatic heterocycles. The smallest absolute Gasteiger partial charge is 0.235 e. The zero-order valence-corrected chi connectivity index (χ0v) is 11.7. The molecule has 0 radical (unpaired) electrons. The summed E-state index contributed by atoms with van der Waals surface area (Å²) in [6.45, 7) is 2.06. The number of rotatable bonds is 0. The fourth-order valence-corrected chi connectivity index (χ4v) is 4.50. The third-order valence-electron chi connectivity index (χ3n) is 3.41. The summed E-state index contributed by atoms with van der Waals surface area (Å²) in [6.07, 6.45) is 0. The molecule has 0 amide bonds. The van der Waals surface area contributed by atoms with E-state index in [0.29, 0.717) is 11.1 Å². The first-order valence-corrected chi connectivity index (χ1v) is 7.56. The van der Waals surface area contributed by atoms with E-state index in [4.69, 9.17) is 0 Å². The van der Waals surface area contributed by atoms with Gasteiger partial charge >= 0.3 is 0 Å². The molecule has 0 aliphatic heterocycles. The van der Waals surface area contributed by atoms with Gasteiger partial charge in [0.15, 0.2) is 0 Å². The lowest BCUT2D eigenvalue weighted by molar-refractivity contribution is 0.0816. The number of aryl methyl sites for hydroxylation is 1. The lowest BCUT2D eigenvalue weighted by atomic mass is 9.88. The highest BCUT2D eigenvalue weighted by molar-refractivity contribution is 7.19. The normalized spacial score (nSPS) is 13.7. The number of carbonyl (C=O) groups excluding carboxylic acids is 2. The van der Waals surface area contributed by atoms with Gasteiger partial charge in [-0.15, -0.1) is 22.7 Å². The predicted molar refractivity (Wildman–Crippen MR) is 78.5 cm³/mol. The molecule has 0 N–H and O–H groups in total. The van der Waals surface area contributed by atoms with Crippen molar-refractivity contribution < 1.29 is 9.59 Å². The predicted octanol–water partition coefficient (Wildman–Crippen LogP) is 4.32. The highest BCUT2D eigenvalue weighted by Gasteiger charge is 2.32. The van der Waals surface area contributed by atoms with Crippen molar-refractivity contribution in [2.24, 2.45) is 0 Å². The molecule has 19 heavy (non-hydrogen) atoms. The van der Waals surface area contributed by atoms with Gasteiger partial charge in [0.25, 0.3) is 0 Å². The van der Waals surface area contributed by atoms with Crippen LogP contribution in [0, 0.1) is 6.92 Å². The summed E-state index contributed by atoms with van der Waals surface area (Å²) in [5.41, 5.74) is 2.04. The maximum Gasteiger partial charge on any atom is 0.235 e. The number of thiophene rings is 2. The van der Waals surface area contributed by atoms with Gasteiger partial charge in [-0.05, 0) is 36.6 Å². The van der Waals surface area contributed by atoms with E-state index in [0.717, 1.165) is 20.5 Å². The molecule has 92 valence electrons. The fourth-order valence-electron chi connectivity index (χ4n) is 2.60. The monoisotopic (exact) mass is 284 g/mol. The Bertz CT molecular complexity index is 868. The van der Waals surface area contributed by atoms with E-state index in [9.17, 15) is 9.59 Å². The first-order valence-electron chi connectivity index (χ1n) is 5.87. The van der Waals surface area contributed by atoms with Gasteiger partial charge in [-0.2, -0.15) is 0 Å². The molecule has 2 nitrogen and oxygen atoms in total. The first-order chi connectivity index (χ1) is 9.16. The maximum absolute atomic E-state index is 12.2. The molecule has 0 spiro atoms. The summed E-state index contributed by atoms with van der Waals surface area (Å²) >= 11 is 3.24. The van der Waals surface area contributed by atoms with E-state index >= 15 is 0 Å². The molecule has 0 saturated heterocycles. The van der Waals surface area contributed by atoms with Gasteiger partial charge in [0.2, 0.25) is 11.6 Å². The van der Waals surface area contributed by atoms with Crippen LogP contribution in [0.25, 0.3) is 20.5 Å². The van der Waals surface area contributed by atoms with Crippen molar-refractivity contribution in [3.8, 4) is 10.4 Å². The van der Waals surface area contributed by atoms with Gasteiger partial charge in [0.05, 0.1) is 0 Å². The van der Waals surface area contributed by atoms with Crippen molar-refractivity contribution in [3.05, 3.63) is 45.6 Å². The second kappa shape index (κ2) is 3.62. The van der Waals surface area contributed by atoms with Crippen LogP contribution in [0.5, 0.6) is 0 Å². The van der Waals surface area contributed by atoms with Gasteiger partial charge in [-0.25, -0.2) is 0 Å². The third kappa shape index (κ3) is 1.35. The molecule has 0 saturated carbocycles. The molecule has 1 aromatic carbocycles. The van der Waals surface area contributed by atoms with Crippen molar-refractivity contribution in [2.45, 2.75) is 6.92 Å². The number of benzene rings is 1. The minimum absolute atomic E-state index is 0.380. The van der Waals surface area contributed by atoms with Gasteiger partial charge in [-0.3, -0.25) is 9.59 Å². The molecule has 0 atom stereocenters. The Morgan fingerprint density at radius 3 is 2.63 bits per heavy atom. The van der Waals surface area contributed by atoms with Crippen LogP contribution in [-0.4, -0.2) is 11.6 Å². The lowest BCUT2D eigenvalue weighted by Crippen LogP contribution is -2.19. The van der Waals surface area contributed by atoms with Crippen molar-refractivity contribution in [2.75, 3.05) is 0 Å². The van der Waals surface area contributed by atoms with Crippen LogP contribution in [0.15, 0.2) is 29.6 Å². The summed E-state index contributed by atoms with van der Waals surface area (Å²) in [5, 5.41) is 2.97. The minimum atomic E-state index is -0.383. The van der Waals surface area contributed by atoms with E-state index in [-0.39, 0.29) is 11.6 Å². The molecule has 0 fully saturated rings. The summed E-state index contributed by atoms with van der Waals surface area (Å²) in [6, 6.07) is 7.58. The highest BCUT2D eigenvalue weighted by Crippen LogP contribution is 2.43. The van der Waals surface area contributed by atoms with E-state index in [1.807, 2.05) is 11.4 Å². The molecule has 1 aliphatic carbocycles. The second-order valence-electron chi connectivity index (χ2n) is 4.58. The molecule has 0 bridgehead atoms. The molecule has 0 unspecified atom stereocenters. The SMILES string of the molecule is Cc1cc2c3c(ccc2s1)C(=O)C(=O)c1ccsc1-3. The highest BCUT2D eigenvalue weighted by atomic mass is 32.1. The van der Waals surface area contributed by atoms with Crippen molar-refractivity contribution in [1.82, 2.24) is 0 Å². The molecular formula is C15H8O2S2. The summed E-state index contributed by atoms with van der Waals surface area (Å²) in [4.78, 5) is 26.4. The Morgan fingerprint density at radius 2 is 1.79 bits per heavy atom. The molecular weight excluding hydrogens is 276 g/mol. The average molecular weight is 284 g/mol. The van der Waals surface area contributed by atoms with Crippen LogP contribution in [0.4, 0.5) is 0 Å². The molecule has 4 rings (SSSR count). The van der Waals surface area contributed by atoms with Crippen LogP contribution >= 0.6 is 22.7 Å². The minimum Gasteiger partial charge on any atom is -0.285 e. The quantitative estimate of drug-likeness (QED) is 0.576. The number of hydrogen-bond acceptors (Lipinski definition) is 4. The molecule has 1 aliphatic rings. The number of fused-ring (bicyclic) bond motifs is 5. The van der Waals surface area contributed by atoms with E-state index in [1.165, 1.54) is 16.2 Å². The van der Waals surface area contributed by atoms with Crippen LogP contribution < -0.4 is 0 Å².